The Morgan fingerprint density at radius 2 is 1.45 bits per heavy atom. The van der Waals surface area contributed by atoms with Gasteiger partial charge >= 0.3 is 6.18 Å². The molecule has 2 aromatic rings. The van der Waals surface area contributed by atoms with Crippen LogP contribution >= 0.6 is 0 Å². The standard InChI is InChI=1S/C22H23F3N2O4/c1-15(31-17-9-7-16(30-2)8-10-17)20(28)26-11-13-27(14-12-26)21(29)18-5-3-4-6-19(18)22(23,24)25/h3-10,15H,11-14H2,1-2H3. The Bertz CT molecular complexity index is 923. The first-order valence-electron chi connectivity index (χ1n) is 9.75. The number of hydrogen-bond acceptors (Lipinski definition) is 4. The minimum atomic E-state index is -4.61. The molecule has 1 unspecified atom stereocenters. The van der Waals surface area contributed by atoms with E-state index in [0.717, 1.165) is 6.07 Å². The Kier molecular flexibility index (Phi) is 6.72. The summed E-state index contributed by atoms with van der Waals surface area (Å²) in [6.45, 7) is 2.35. The first-order valence-corrected chi connectivity index (χ1v) is 9.75. The summed E-state index contributed by atoms with van der Waals surface area (Å²) in [6.07, 6.45) is -5.36. The largest absolute Gasteiger partial charge is 0.497 e. The minimum Gasteiger partial charge on any atom is -0.497 e. The highest BCUT2D eigenvalue weighted by atomic mass is 19.4. The van der Waals surface area contributed by atoms with Gasteiger partial charge in [0.05, 0.1) is 18.2 Å². The SMILES string of the molecule is COc1ccc(OC(C)C(=O)N2CCN(C(=O)c3ccccc3C(F)(F)F)CC2)cc1. The number of benzene rings is 2. The lowest BCUT2D eigenvalue weighted by atomic mass is 10.1. The van der Waals surface area contributed by atoms with Gasteiger partial charge in [-0.2, -0.15) is 13.2 Å². The van der Waals surface area contributed by atoms with Gasteiger partial charge in [0.25, 0.3) is 11.8 Å². The molecule has 6 nitrogen and oxygen atoms in total. The number of nitrogens with zero attached hydrogens (tertiary/aromatic N) is 2. The molecule has 1 aliphatic rings. The Labute approximate surface area is 178 Å². The second kappa shape index (κ2) is 9.28. The van der Waals surface area contributed by atoms with E-state index in [4.69, 9.17) is 9.47 Å². The number of carbonyl (C=O) groups excluding carboxylic acids is 2. The smallest absolute Gasteiger partial charge is 0.417 e. The lowest BCUT2D eigenvalue weighted by Crippen LogP contribution is -2.53. The summed E-state index contributed by atoms with van der Waals surface area (Å²) in [7, 11) is 1.55. The summed E-state index contributed by atoms with van der Waals surface area (Å²) in [5.74, 6) is 0.236. The van der Waals surface area contributed by atoms with Gasteiger partial charge in [0.2, 0.25) is 0 Å². The molecule has 166 valence electrons. The first kappa shape index (κ1) is 22.5. The molecule has 1 atom stereocenters. The Hall–Kier alpha value is -3.23. The Morgan fingerprint density at radius 3 is 2.03 bits per heavy atom. The van der Waals surface area contributed by atoms with Crippen molar-refractivity contribution < 1.29 is 32.2 Å². The third-order valence-corrected chi connectivity index (χ3v) is 5.06. The van der Waals surface area contributed by atoms with E-state index in [1.165, 1.54) is 23.1 Å². The van der Waals surface area contributed by atoms with E-state index in [1.807, 2.05) is 0 Å². The molecule has 0 saturated carbocycles. The number of methoxy groups -OCH3 is 1. The average molecular weight is 436 g/mol. The van der Waals surface area contributed by atoms with Gasteiger partial charge in [0.1, 0.15) is 11.5 Å². The molecule has 1 aliphatic heterocycles. The predicted molar refractivity (Wildman–Crippen MR) is 107 cm³/mol. The van der Waals surface area contributed by atoms with Crippen molar-refractivity contribution in [2.75, 3.05) is 33.3 Å². The molecule has 1 fully saturated rings. The third kappa shape index (κ3) is 5.28. The van der Waals surface area contributed by atoms with E-state index >= 15 is 0 Å². The molecule has 0 N–H and O–H groups in total. The molecule has 31 heavy (non-hydrogen) atoms. The van der Waals surface area contributed by atoms with E-state index in [1.54, 1.807) is 43.2 Å². The van der Waals surface area contributed by atoms with Gasteiger partial charge in [-0.05, 0) is 43.3 Å². The maximum Gasteiger partial charge on any atom is 0.417 e. The van der Waals surface area contributed by atoms with Crippen LogP contribution in [0.25, 0.3) is 0 Å². The highest BCUT2D eigenvalue weighted by molar-refractivity contribution is 5.96. The fraction of sp³-hybridized carbons (Fsp3) is 0.364. The lowest BCUT2D eigenvalue weighted by Gasteiger charge is -2.36. The zero-order valence-electron chi connectivity index (χ0n) is 17.2. The maximum absolute atomic E-state index is 13.2. The van der Waals surface area contributed by atoms with Gasteiger partial charge in [-0.25, -0.2) is 0 Å². The number of hydrogen-bond donors (Lipinski definition) is 0. The third-order valence-electron chi connectivity index (χ3n) is 5.06. The van der Waals surface area contributed by atoms with Crippen molar-refractivity contribution in [2.24, 2.45) is 0 Å². The number of ether oxygens (including phenoxy) is 2. The average Bonchev–Trinajstić information content (AvgIpc) is 2.78. The van der Waals surface area contributed by atoms with E-state index in [0.29, 0.717) is 11.5 Å². The number of carbonyl (C=O) groups is 2. The number of amides is 2. The van der Waals surface area contributed by atoms with E-state index in [-0.39, 0.29) is 37.6 Å². The van der Waals surface area contributed by atoms with Crippen LogP contribution in [-0.2, 0) is 11.0 Å². The molecule has 0 bridgehead atoms. The van der Waals surface area contributed by atoms with Crippen LogP contribution in [0.4, 0.5) is 13.2 Å². The number of alkyl halides is 3. The van der Waals surface area contributed by atoms with Crippen LogP contribution in [0, 0.1) is 0 Å². The minimum absolute atomic E-state index is 0.145. The molecule has 2 amide bonds. The zero-order chi connectivity index (χ0) is 22.6. The van der Waals surface area contributed by atoms with Crippen LogP contribution in [0.1, 0.15) is 22.8 Å². The molecule has 0 aromatic heterocycles. The van der Waals surface area contributed by atoms with Crippen molar-refractivity contribution in [3.63, 3.8) is 0 Å². The van der Waals surface area contributed by atoms with E-state index < -0.39 is 23.8 Å². The van der Waals surface area contributed by atoms with Crippen LogP contribution in [0.3, 0.4) is 0 Å². The second-order valence-corrected chi connectivity index (χ2v) is 7.10. The monoisotopic (exact) mass is 436 g/mol. The van der Waals surface area contributed by atoms with Crippen LogP contribution in [0.15, 0.2) is 48.5 Å². The lowest BCUT2D eigenvalue weighted by molar-refractivity contribution is -0.139. The van der Waals surface area contributed by atoms with Gasteiger partial charge in [-0.1, -0.05) is 12.1 Å². The van der Waals surface area contributed by atoms with Gasteiger partial charge in [-0.15, -0.1) is 0 Å². The zero-order valence-corrected chi connectivity index (χ0v) is 17.2. The van der Waals surface area contributed by atoms with Gasteiger partial charge in [-0.3, -0.25) is 9.59 Å². The second-order valence-electron chi connectivity index (χ2n) is 7.10. The van der Waals surface area contributed by atoms with Crippen LogP contribution in [0.5, 0.6) is 11.5 Å². The van der Waals surface area contributed by atoms with Gasteiger partial charge in [0.15, 0.2) is 6.10 Å². The van der Waals surface area contributed by atoms with Crippen molar-refractivity contribution in [2.45, 2.75) is 19.2 Å². The molecule has 0 aliphatic carbocycles. The van der Waals surface area contributed by atoms with Gasteiger partial charge < -0.3 is 19.3 Å². The molecule has 1 heterocycles. The Balaban J connectivity index is 1.59. The summed E-state index contributed by atoms with van der Waals surface area (Å²) in [5.41, 5.74) is -1.34. The topological polar surface area (TPSA) is 59.1 Å². The summed E-state index contributed by atoms with van der Waals surface area (Å²) in [5, 5.41) is 0. The molecule has 2 aromatic carbocycles. The van der Waals surface area contributed by atoms with Crippen molar-refractivity contribution in [3.05, 3.63) is 59.7 Å². The van der Waals surface area contributed by atoms with E-state index in [2.05, 4.69) is 0 Å². The fourth-order valence-electron chi connectivity index (χ4n) is 3.38. The van der Waals surface area contributed by atoms with Crippen LogP contribution in [-0.4, -0.2) is 61.0 Å². The number of rotatable bonds is 5. The van der Waals surface area contributed by atoms with Crippen molar-refractivity contribution in [1.29, 1.82) is 0 Å². The summed E-state index contributed by atoms with van der Waals surface area (Å²) in [6, 6.07) is 11.5. The highest BCUT2D eigenvalue weighted by Crippen LogP contribution is 2.32. The molecular weight excluding hydrogens is 413 g/mol. The molecule has 0 spiro atoms. The first-order chi connectivity index (χ1) is 14.7. The molecule has 0 radical (unpaired) electrons. The number of halogens is 3. The normalized spacial score (nSPS) is 15.4. The summed E-state index contributed by atoms with van der Waals surface area (Å²) >= 11 is 0. The molecule has 9 heteroatoms. The Morgan fingerprint density at radius 1 is 0.903 bits per heavy atom. The highest BCUT2D eigenvalue weighted by Gasteiger charge is 2.36. The fourth-order valence-corrected chi connectivity index (χ4v) is 3.38. The summed E-state index contributed by atoms with van der Waals surface area (Å²) < 4.78 is 50.4. The maximum atomic E-state index is 13.2. The quantitative estimate of drug-likeness (QED) is 0.720. The number of piperazine rings is 1. The molecular formula is C22H23F3N2O4. The molecule has 1 saturated heterocycles. The molecule has 3 rings (SSSR count). The van der Waals surface area contributed by atoms with Gasteiger partial charge in [0, 0.05) is 26.2 Å². The van der Waals surface area contributed by atoms with E-state index in [9.17, 15) is 22.8 Å². The van der Waals surface area contributed by atoms with Crippen LogP contribution in [0.2, 0.25) is 0 Å². The van der Waals surface area contributed by atoms with Crippen molar-refractivity contribution in [3.8, 4) is 11.5 Å². The van der Waals surface area contributed by atoms with Crippen molar-refractivity contribution in [1.82, 2.24) is 9.80 Å². The predicted octanol–water partition coefficient (Wildman–Crippen LogP) is 3.47. The van der Waals surface area contributed by atoms with Crippen LogP contribution < -0.4 is 9.47 Å². The van der Waals surface area contributed by atoms with Crippen molar-refractivity contribution >= 4 is 11.8 Å². The summed E-state index contributed by atoms with van der Waals surface area (Å²) in [4.78, 5) is 28.2.